The van der Waals surface area contributed by atoms with E-state index in [1.165, 1.54) is 6.08 Å². The summed E-state index contributed by atoms with van der Waals surface area (Å²) in [6.07, 6.45) is 4.94. The number of carbonyl (C=O) groups excluding carboxylic acids is 1. The van der Waals surface area contributed by atoms with Crippen molar-refractivity contribution in [1.82, 2.24) is 5.32 Å². The molecular weight excluding hydrogens is 445 g/mol. The molecule has 0 aromatic heterocycles. The number of carbonyl (C=O) groups is 1. The average molecular weight is 461 g/mol. The molecule has 3 rings (SSSR count). The van der Waals surface area contributed by atoms with E-state index in [0.29, 0.717) is 5.69 Å². The molecule has 2 aromatic rings. The quantitative estimate of drug-likeness (QED) is 0.306. The van der Waals surface area contributed by atoms with Crippen LogP contribution in [-0.4, -0.2) is 16.6 Å². The highest BCUT2D eigenvalue weighted by Crippen LogP contribution is 2.27. The molecule has 0 saturated heterocycles. The van der Waals surface area contributed by atoms with E-state index in [4.69, 9.17) is 0 Å². The first-order valence-corrected chi connectivity index (χ1v) is 9.00. The molecule has 1 atom stereocenters. The van der Waals surface area contributed by atoms with Crippen LogP contribution in [-0.2, 0) is 0 Å². The first kappa shape index (κ1) is 18.1. The lowest BCUT2D eigenvalue weighted by atomic mass is 9.93. The first-order valence-electron chi connectivity index (χ1n) is 7.93. The minimum Gasteiger partial charge on any atom is -0.308 e. The van der Waals surface area contributed by atoms with Gasteiger partial charge in [0.2, 0.25) is 0 Å². The van der Waals surface area contributed by atoms with Crippen LogP contribution in [0.4, 0.5) is 10.5 Å². The minimum atomic E-state index is -1.66. The van der Waals surface area contributed by atoms with Gasteiger partial charge in [-0.05, 0) is 64.1 Å². The third kappa shape index (κ3) is 4.10. The van der Waals surface area contributed by atoms with E-state index >= 15 is 0 Å². The van der Waals surface area contributed by atoms with Gasteiger partial charge in [-0.1, -0.05) is 36.4 Å². The van der Waals surface area contributed by atoms with Crippen LogP contribution in [0.5, 0.6) is 0 Å². The zero-order chi connectivity index (χ0) is 18.6. The molecule has 2 aromatic carbocycles. The van der Waals surface area contributed by atoms with Gasteiger partial charge < -0.3 is 5.32 Å². The number of benzene rings is 2. The SMILES string of the molecule is O=C(Nc1ccc(I)cc1)NC1([N+](=O)[O-])C=CC(c2ccccc2)=CC1. The third-order valence-electron chi connectivity index (χ3n) is 4.04. The average Bonchev–Trinajstić information content (AvgIpc) is 2.65. The van der Waals surface area contributed by atoms with Crippen molar-refractivity contribution < 1.29 is 9.72 Å². The largest absolute Gasteiger partial charge is 0.324 e. The highest BCUT2D eigenvalue weighted by Gasteiger charge is 2.42. The molecule has 6 nitrogen and oxygen atoms in total. The number of anilines is 1. The van der Waals surface area contributed by atoms with Gasteiger partial charge in [0.05, 0.1) is 11.3 Å². The van der Waals surface area contributed by atoms with Crippen LogP contribution in [0.15, 0.2) is 72.8 Å². The molecule has 0 spiro atoms. The molecule has 2 amide bonds. The summed E-state index contributed by atoms with van der Waals surface area (Å²) in [6, 6.07) is 16.1. The van der Waals surface area contributed by atoms with Crippen LogP contribution in [0.2, 0.25) is 0 Å². The predicted molar refractivity (Wildman–Crippen MR) is 109 cm³/mol. The Balaban J connectivity index is 1.73. The Labute approximate surface area is 164 Å². The van der Waals surface area contributed by atoms with E-state index in [1.54, 1.807) is 24.3 Å². The fraction of sp³-hybridized carbons (Fsp3) is 0.105. The van der Waals surface area contributed by atoms with Crippen LogP contribution in [0.3, 0.4) is 0 Å². The molecule has 0 saturated carbocycles. The molecule has 0 radical (unpaired) electrons. The van der Waals surface area contributed by atoms with Crippen molar-refractivity contribution in [3.8, 4) is 0 Å². The van der Waals surface area contributed by atoms with Crippen LogP contribution in [0.1, 0.15) is 12.0 Å². The summed E-state index contributed by atoms with van der Waals surface area (Å²) in [7, 11) is 0. The molecule has 26 heavy (non-hydrogen) atoms. The van der Waals surface area contributed by atoms with Crippen molar-refractivity contribution in [1.29, 1.82) is 0 Å². The monoisotopic (exact) mass is 461 g/mol. The van der Waals surface area contributed by atoms with E-state index in [0.717, 1.165) is 14.7 Å². The second-order valence-corrected chi connectivity index (χ2v) is 7.08. The predicted octanol–water partition coefficient (Wildman–Crippen LogP) is 4.43. The zero-order valence-corrected chi connectivity index (χ0v) is 15.8. The molecule has 132 valence electrons. The minimum absolute atomic E-state index is 0.0703. The number of rotatable bonds is 4. The topological polar surface area (TPSA) is 84.3 Å². The second kappa shape index (κ2) is 7.69. The Morgan fingerprint density at radius 2 is 1.81 bits per heavy atom. The van der Waals surface area contributed by atoms with Gasteiger partial charge in [0.15, 0.2) is 0 Å². The number of allylic oxidation sites excluding steroid dienone is 2. The number of hydrogen-bond donors (Lipinski definition) is 2. The lowest BCUT2D eigenvalue weighted by Crippen LogP contribution is -2.54. The van der Waals surface area contributed by atoms with Gasteiger partial charge in [-0.3, -0.25) is 15.4 Å². The lowest BCUT2D eigenvalue weighted by molar-refractivity contribution is -0.559. The number of amides is 2. The second-order valence-electron chi connectivity index (χ2n) is 5.83. The smallest absolute Gasteiger partial charge is 0.308 e. The molecule has 0 aliphatic heterocycles. The molecule has 7 heteroatoms. The maximum atomic E-state index is 12.2. The number of hydrogen-bond acceptors (Lipinski definition) is 3. The van der Waals surface area contributed by atoms with Crippen LogP contribution >= 0.6 is 22.6 Å². The summed E-state index contributed by atoms with van der Waals surface area (Å²) in [6.45, 7) is 0. The maximum Gasteiger partial charge on any atom is 0.324 e. The van der Waals surface area contributed by atoms with Gasteiger partial charge in [-0.25, -0.2) is 4.79 Å². The third-order valence-corrected chi connectivity index (χ3v) is 4.76. The molecule has 0 bridgehead atoms. The molecule has 1 unspecified atom stereocenters. The molecular formula is C19H16IN3O3. The molecule has 0 fully saturated rings. The van der Waals surface area contributed by atoms with Gasteiger partial charge in [-0.2, -0.15) is 0 Å². The van der Waals surface area contributed by atoms with E-state index < -0.39 is 16.6 Å². The molecule has 0 heterocycles. The van der Waals surface area contributed by atoms with Crippen molar-refractivity contribution in [3.05, 3.63) is 92.1 Å². The first-order chi connectivity index (χ1) is 12.5. The van der Waals surface area contributed by atoms with Crippen molar-refractivity contribution >= 4 is 39.9 Å². The van der Waals surface area contributed by atoms with Gasteiger partial charge >= 0.3 is 11.7 Å². The number of urea groups is 1. The number of halogens is 1. The Bertz CT molecular complexity index is 879. The number of nitrogens with one attached hydrogen (secondary N) is 2. The van der Waals surface area contributed by atoms with Gasteiger partial charge in [-0.15, -0.1) is 0 Å². The zero-order valence-electron chi connectivity index (χ0n) is 13.7. The van der Waals surface area contributed by atoms with E-state index in [2.05, 4.69) is 33.2 Å². The Kier molecular flexibility index (Phi) is 5.36. The molecule has 1 aliphatic rings. The Hall–Kier alpha value is -2.68. The summed E-state index contributed by atoms with van der Waals surface area (Å²) in [4.78, 5) is 23.4. The molecule has 2 N–H and O–H groups in total. The summed E-state index contributed by atoms with van der Waals surface area (Å²) in [5.74, 6) is 0. The maximum absolute atomic E-state index is 12.2. The van der Waals surface area contributed by atoms with Crippen LogP contribution < -0.4 is 10.6 Å². The Morgan fingerprint density at radius 3 is 2.38 bits per heavy atom. The van der Waals surface area contributed by atoms with Crippen LogP contribution in [0, 0.1) is 13.7 Å². The molecule has 1 aliphatic carbocycles. The normalized spacial score (nSPS) is 18.7. The van der Waals surface area contributed by atoms with Crippen LogP contribution in [0.25, 0.3) is 5.57 Å². The number of nitrogens with zero attached hydrogens (tertiary/aromatic N) is 1. The highest BCUT2D eigenvalue weighted by molar-refractivity contribution is 14.1. The fourth-order valence-electron chi connectivity index (χ4n) is 2.64. The summed E-state index contributed by atoms with van der Waals surface area (Å²) >= 11 is 2.16. The number of nitro groups is 1. The van der Waals surface area contributed by atoms with Gasteiger partial charge in [0.25, 0.3) is 0 Å². The fourth-order valence-corrected chi connectivity index (χ4v) is 3.00. The van der Waals surface area contributed by atoms with Crippen molar-refractivity contribution in [3.63, 3.8) is 0 Å². The van der Waals surface area contributed by atoms with Gasteiger partial charge in [0.1, 0.15) is 0 Å². The highest BCUT2D eigenvalue weighted by atomic mass is 127. The Morgan fingerprint density at radius 1 is 1.12 bits per heavy atom. The van der Waals surface area contributed by atoms with Crippen molar-refractivity contribution in [2.24, 2.45) is 0 Å². The summed E-state index contributed by atoms with van der Waals surface area (Å²) in [5.41, 5.74) is 0.777. The summed E-state index contributed by atoms with van der Waals surface area (Å²) in [5, 5.41) is 16.7. The van der Waals surface area contributed by atoms with Gasteiger partial charge in [0, 0.05) is 15.3 Å². The van der Waals surface area contributed by atoms with E-state index in [-0.39, 0.29) is 6.42 Å². The van der Waals surface area contributed by atoms with E-state index in [1.807, 2.05) is 42.5 Å². The standard InChI is InChI=1S/C19H16IN3O3/c20-16-6-8-17(9-7-16)21-18(24)22-19(23(25)26)12-10-15(11-13-19)14-4-2-1-3-5-14/h1-12H,13H2,(H2,21,22,24). The van der Waals surface area contributed by atoms with Crippen molar-refractivity contribution in [2.45, 2.75) is 12.1 Å². The van der Waals surface area contributed by atoms with E-state index in [9.17, 15) is 14.9 Å². The van der Waals surface area contributed by atoms with Crippen molar-refractivity contribution in [2.75, 3.05) is 5.32 Å². The lowest BCUT2D eigenvalue weighted by Gasteiger charge is -2.25. The summed E-state index contributed by atoms with van der Waals surface area (Å²) < 4.78 is 1.03.